The monoisotopic (exact) mass is 299 g/mol. The highest BCUT2D eigenvalue weighted by atomic mass is 32.1. The van der Waals surface area contributed by atoms with E-state index in [-0.39, 0.29) is 0 Å². The molecule has 0 bridgehead atoms. The van der Waals surface area contributed by atoms with Crippen molar-refractivity contribution in [2.75, 3.05) is 6.54 Å². The maximum absolute atomic E-state index is 4.58. The number of hydrogen-bond donors (Lipinski definition) is 1. The van der Waals surface area contributed by atoms with Gasteiger partial charge in [0.1, 0.15) is 0 Å². The van der Waals surface area contributed by atoms with Crippen LogP contribution in [0, 0.1) is 6.92 Å². The summed E-state index contributed by atoms with van der Waals surface area (Å²) in [5.41, 5.74) is 3.83. The van der Waals surface area contributed by atoms with Gasteiger partial charge in [-0.3, -0.25) is 0 Å². The molecule has 3 nitrogen and oxygen atoms in total. The van der Waals surface area contributed by atoms with E-state index in [1.54, 1.807) is 11.3 Å². The molecule has 0 spiro atoms. The Morgan fingerprint density at radius 3 is 2.95 bits per heavy atom. The van der Waals surface area contributed by atoms with Gasteiger partial charge in [-0.15, -0.1) is 11.3 Å². The van der Waals surface area contributed by atoms with E-state index in [1.165, 1.54) is 16.5 Å². The molecule has 4 heteroatoms. The third kappa shape index (κ3) is 3.17. The van der Waals surface area contributed by atoms with Crippen LogP contribution in [-0.4, -0.2) is 16.1 Å². The van der Waals surface area contributed by atoms with E-state index >= 15 is 0 Å². The van der Waals surface area contributed by atoms with Crippen LogP contribution >= 0.6 is 11.3 Å². The molecule has 0 aliphatic carbocycles. The first-order chi connectivity index (χ1) is 10.3. The number of aryl methyl sites for hydroxylation is 1. The number of benzene rings is 1. The van der Waals surface area contributed by atoms with Crippen molar-refractivity contribution in [3.8, 4) is 0 Å². The summed E-state index contributed by atoms with van der Waals surface area (Å²) in [5, 5.41) is 8.09. The molecule has 0 atom stereocenters. The van der Waals surface area contributed by atoms with E-state index in [0.717, 1.165) is 36.8 Å². The van der Waals surface area contributed by atoms with E-state index in [0.29, 0.717) is 0 Å². The first-order valence-corrected chi connectivity index (χ1v) is 8.34. The molecule has 110 valence electrons. The van der Waals surface area contributed by atoms with Crippen molar-refractivity contribution in [1.29, 1.82) is 0 Å². The summed E-state index contributed by atoms with van der Waals surface area (Å²) in [4.78, 5) is 4.58. The second kappa shape index (κ2) is 6.41. The molecule has 1 N–H and O–H groups in total. The van der Waals surface area contributed by atoms with Crippen molar-refractivity contribution in [1.82, 2.24) is 14.9 Å². The van der Waals surface area contributed by atoms with Gasteiger partial charge in [0.15, 0.2) is 0 Å². The molecule has 0 amide bonds. The molecule has 0 saturated heterocycles. The number of fused-ring (bicyclic) bond motifs is 1. The predicted molar refractivity (Wildman–Crippen MR) is 89.9 cm³/mol. The third-order valence-corrected chi connectivity index (χ3v) is 4.44. The smallest absolute Gasteiger partial charge is 0.0898 e. The lowest BCUT2D eigenvalue weighted by molar-refractivity contribution is 0.674. The summed E-state index contributed by atoms with van der Waals surface area (Å²) in [5.74, 6) is 0. The predicted octanol–water partition coefficient (Wildman–Crippen LogP) is 3.95. The van der Waals surface area contributed by atoms with Crippen LogP contribution in [0.4, 0.5) is 0 Å². The Bertz CT molecular complexity index is 727. The van der Waals surface area contributed by atoms with Crippen molar-refractivity contribution in [3.05, 3.63) is 52.1 Å². The van der Waals surface area contributed by atoms with Crippen LogP contribution < -0.4 is 5.32 Å². The largest absolute Gasteiger partial charge is 0.341 e. The standard InChI is InChI=1S/C17H21N3S/c1-3-8-18-10-15-6-4-5-14-7-9-20(17(14)15)11-16-12-21-13(2)19-16/h4-7,9,12,18H,3,8,10-11H2,1-2H3. The molecule has 21 heavy (non-hydrogen) atoms. The third-order valence-electron chi connectivity index (χ3n) is 3.61. The number of para-hydroxylation sites is 1. The van der Waals surface area contributed by atoms with Gasteiger partial charge in [-0.25, -0.2) is 4.98 Å². The minimum Gasteiger partial charge on any atom is -0.341 e. The van der Waals surface area contributed by atoms with E-state index in [4.69, 9.17) is 0 Å². The Morgan fingerprint density at radius 1 is 1.29 bits per heavy atom. The number of nitrogens with one attached hydrogen (secondary N) is 1. The van der Waals surface area contributed by atoms with Gasteiger partial charge in [0.05, 0.1) is 22.8 Å². The van der Waals surface area contributed by atoms with Crippen LogP contribution in [0.15, 0.2) is 35.8 Å². The highest BCUT2D eigenvalue weighted by Gasteiger charge is 2.08. The summed E-state index contributed by atoms with van der Waals surface area (Å²) in [6.45, 7) is 7.08. The zero-order valence-electron chi connectivity index (χ0n) is 12.6. The average Bonchev–Trinajstić information content (AvgIpc) is 3.07. The zero-order chi connectivity index (χ0) is 14.7. The fraction of sp³-hybridized carbons (Fsp3) is 0.353. The Kier molecular flexibility index (Phi) is 4.36. The molecule has 0 aliphatic rings. The maximum atomic E-state index is 4.58. The van der Waals surface area contributed by atoms with Gasteiger partial charge in [-0.2, -0.15) is 0 Å². The Balaban J connectivity index is 1.91. The Morgan fingerprint density at radius 2 is 2.19 bits per heavy atom. The van der Waals surface area contributed by atoms with Gasteiger partial charge in [-0.1, -0.05) is 25.1 Å². The Hall–Kier alpha value is -1.65. The second-order valence-corrected chi connectivity index (χ2v) is 6.40. The van der Waals surface area contributed by atoms with Crippen molar-refractivity contribution >= 4 is 22.2 Å². The normalized spacial score (nSPS) is 11.3. The topological polar surface area (TPSA) is 29.9 Å². The second-order valence-electron chi connectivity index (χ2n) is 5.33. The Labute approximate surface area is 129 Å². The molecule has 0 aliphatic heterocycles. The molecule has 0 radical (unpaired) electrons. The summed E-state index contributed by atoms with van der Waals surface area (Å²) in [7, 11) is 0. The molecule has 0 saturated carbocycles. The van der Waals surface area contributed by atoms with E-state index in [9.17, 15) is 0 Å². The molecule has 0 fully saturated rings. The van der Waals surface area contributed by atoms with Crippen LogP contribution in [-0.2, 0) is 13.1 Å². The molecule has 1 aromatic carbocycles. The molecule has 2 heterocycles. The summed E-state index contributed by atoms with van der Waals surface area (Å²) in [6, 6.07) is 8.73. The molecule has 0 unspecified atom stereocenters. The highest BCUT2D eigenvalue weighted by Crippen LogP contribution is 2.22. The van der Waals surface area contributed by atoms with Crippen LogP contribution in [0.3, 0.4) is 0 Å². The van der Waals surface area contributed by atoms with Crippen molar-refractivity contribution < 1.29 is 0 Å². The first-order valence-electron chi connectivity index (χ1n) is 7.46. The fourth-order valence-electron chi connectivity index (χ4n) is 2.67. The van der Waals surface area contributed by atoms with E-state index in [1.807, 2.05) is 0 Å². The van der Waals surface area contributed by atoms with Crippen LogP contribution in [0.25, 0.3) is 10.9 Å². The SMILES string of the molecule is CCCNCc1cccc2ccn(Cc3csc(C)n3)c12. The molecule has 3 rings (SSSR count). The minimum absolute atomic E-state index is 0.846. The van der Waals surface area contributed by atoms with Crippen LogP contribution in [0.2, 0.25) is 0 Å². The lowest BCUT2D eigenvalue weighted by Crippen LogP contribution is -2.14. The fourth-order valence-corrected chi connectivity index (χ4v) is 3.27. The van der Waals surface area contributed by atoms with Crippen LogP contribution in [0.1, 0.15) is 29.6 Å². The number of rotatable bonds is 6. The summed E-state index contributed by atoms with van der Waals surface area (Å²) in [6.07, 6.45) is 3.33. The van der Waals surface area contributed by atoms with E-state index < -0.39 is 0 Å². The first kappa shape index (κ1) is 14.3. The minimum atomic E-state index is 0.846. The number of nitrogens with zero attached hydrogens (tertiary/aromatic N) is 2. The van der Waals surface area contributed by atoms with Gasteiger partial charge in [0.2, 0.25) is 0 Å². The molecular weight excluding hydrogens is 278 g/mol. The summed E-state index contributed by atoms with van der Waals surface area (Å²) < 4.78 is 2.31. The number of thiazole rings is 1. The van der Waals surface area contributed by atoms with E-state index in [2.05, 4.69) is 64.6 Å². The van der Waals surface area contributed by atoms with Crippen LogP contribution in [0.5, 0.6) is 0 Å². The average molecular weight is 299 g/mol. The molecular formula is C17H21N3S. The lowest BCUT2D eigenvalue weighted by atomic mass is 10.1. The van der Waals surface area contributed by atoms with Gasteiger partial charge in [0, 0.05) is 18.1 Å². The van der Waals surface area contributed by atoms with Gasteiger partial charge in [0.25, 0.3) is 0 Å². The van der Waals surface area contributed by atoms with Gasteiger partial charge in [-0.05, 0) is 36.9 Å². The maximum Gasteiger partial charge on any atom is 0.0898 e. The zero-order valence-corrected chi connectivity index (χ0v) is 13.4. The van der Waals surface area contributed by atoms with Gasteiger partial charge >= 0.3 is 0 Å². The number of hydrogen-bond acceptors (Lipinski definition) is 3. The van der Waals surface area contributed by atoms with Gasteiger partial charge < -0.3 is 9.88 Å². The highest BCUT2D eigenvalue weighted by molar-refractivity contribution is 7.09. The lowest BCUT2D eigenvalue weighted by Gasteiger charge is -2.10. The molecule has 2 aromatic heterocycles. The summed E-state index contributed by atoms with van der Waals surface area (Å²) >= 11 is 1.72. The van der Waals surface area contributed by atoms with Crippen molar-refractivity contribution in [3.63, 3.8) is 0 Å². The van der Waals surface area contributed by atoms with Crippen molar-refractivity contribution in [2.45, 2.75) is 33.4 Å². The van der Waals surface area contributed by atoms with Crippen molar-refractivity contribution in [2.24, 2.45) is 0 Å². The molecule has 3 aromatic rings. The quantitative estimate of drug-likeness (QED) is 0.698. The number of aromatic nitrogens is 2.